The van der Waals surface area contributed by atoms with Crippen LogP contribution in [0.4, 0.5) is 5.69 Å². The smallest absolute Gasteiger partial charge is 0.101 e. The molecule has 0 amide bonds. The van der Waals surface area contributed by atoms with E-state index in [0.29, 0.717) is 0 Å². The number of nitriles is 1. The van der Waals surface area contributed by atoms with Gasteiger partial charge in [0.1, 0.15) is 6.07 Å². The Hall–Kier alpha value is -1.40. The molecule has 2 nitrogen and oxygen atoms in total. The van der Waals surface area contributed by atoms with Crippen molar-refractivity contribution in [3.8, 4) is 6.07 Å². The van der Waals surface area contributed by atoms with Gasteiger partial charge in [0.25, 0.3) is 0 Å². The highest BCUT2D eigenvalue weighted by Crippen LogP contribution is 2.36. The molecule has 0 saturated heterocycles. The Balaban J connectivity index is 2.68. The second-order valence-corrected chi connectivity index (χ2v) is 4.31. The number of hydrogen-bond acceptors (Lipinski definition) is 3. The molecule has 1 aromatic carbocycles. The maximum atomic E-state index is 9.19. The first-order valence-corrected chi connectivity index (χ1v) is 6.03. The van der Waals surface area contributed by atoms with E-state index in [4.69, 9.17) is 0 Å². The molecule has 0 aromatic heterocycles. The molecular formula is C12H12N2S. The predicted molar refractivity (Wildman–Crippen MR) is 65.1 cm³/mol. The lowest BCUT2D eigenvalue weighted by Crippen LogP contribution is -2.12. The van der Waals surface area contributed by atoms with E-state index in [2.05, 4.69) is 18.0 Å². The second kappa shape index (κ2) is 4.00. The van der Waals surface area contributed by atoms with Crippen molar-refractivity contribution in [1.82, 2.24) is 0 Å². The molecule has 15 heavy (non-hydrogen) atoms. The van der Waals surface area contributed by atoms with Crippen LogP contribution in [0.25, 0.3) is 5.57 Å². The van der Waals surface area contributed by atoms with Crippen molar-refractivity contribution in [1.29, 1.82) is 5.26 Å². The lowest BCUT2D eigenvalue weighted by molar-refractivity contribution is 1.04. The fourth-order valence-corrected chi connectivity index (χ4v) is 2.41. The average molecular weight is 216 g/mol. The van der Waals surface area contributed by atoms with Gasteiger partial charge in [-0.05, 0) is 30.4 Å². The first-order valence-electron chi connectivity index (χ1n) is 4.81. The first-order chi connectivity index (χ1) is 7.27. The standard InChI is InChI=1S/C12H12N2S/c1-8-5-6-14-10-3-4-11(15-2)9(7-13)12(8)10/h3-4,14H,1,5-6H2,2H3. The molecule has 1 N–H and O–H groups in total. The van der Waals surface area contributed by atoms with Crippen molar-refractivity contribution in [2.45, 2.75) is 11.3 Å². The van der Waals surface area contributed by atoms with Gasteiger partial charge in [-0.1, -0.05) is 6.58 Å². The Kier molecular flexibility index (Phi) is 2.70. The summed E-state index contributed by atoms with van der Waals surface area (Å²) < 4.78 is 0. The van der Waals surface area contributed by atoms with Gasteiger partial charge in [-0.2, -0.15) is 5.26 Å². The van der Waals surface area contributed by atoms with Gasteiger partial charge in [-0.3, -0.25) is 0 Å². The molecule has 1 aliphatic rings. The Morgan fingerprint density at radius 3 is 3.00 bits per heavy atom. The molecule has 0 spiro atoms. The van der Waals surface area contributed by atoms with E-state index in [9.17, 15) is 5.26 Å². The average Bonchev–Trinajstić information content (AvgIpc) is 2.28. The summed E-state index contributed by atoms with van der Waals surface area (Å²) in [6.07, 6.45) is 2.90. The molecular weight excluding hydrogens is 204 g/mol. The molecule has 0 saturated carbocycles. The third-order valence-corrected chi connectivity index (χ3v) is 3.37. The van der Waals surface area contributed by atoms with E-state index in [1.54, 1.807) is 11.8 Å². The van der Waals surface area contributed by atoms with Crippen LogP contribution < -0.4 is 5.32 Å². The Morgan fingerprint density at radius 1 is 1.53 bits per heavy atom. The predicted octanol–water partition coefficient (Wildman–Crippen LogP) is 3.11. The Morgan fingerprint density at radius 2 is 2.33 bits per heavy atom. The zero-order chi connectivity index (χ0) is 10.8. The number of thioether (sulfide) groups is 1. The number of fused-ring (bicyclic) bond motifs is 1. The highest BCUT2D eigenvalue weighted by molar-refractivity contribution is 7.98. The number of hydrogen-bond donors (Lipinski definition) is 1. The van der Waals surface area contributed by atoms with E-state index in [-0.39, 0.29) is 0 Å². The lowest BCUT2D eigenvalue weighted by Gasteiger charge is -2.22. The molecule has 1 aromatic rings. The van der Waals surface area contributed by atoms with E-state index >= 15 is 0 Å². The molecule has 3 heteroatoms. The molecule has 0 fully saturated rings. The molecule has 2 rings (SSSR count). The van der Waals surface area contributed by atoms with Crippen molar-refractivity contribution in [2.75, 3.05) is 18.1 Å². The minimum Gasteiger partial charge on any atom is -0.384 e. The highest BCUT2D eigenvalue weighted by atomic mass is 32.2. The number of nitrogens with one attached hydrogen (secondary N) is 1. The van der Waals surface area contributed by atoms with Crippen molar-refractivity contribution >= 4 is 23.0 Å². The van der Waals surface area contributed by atoms with E-state index in [1.165, 1.54) is 0 Å². The molecule has 1 aliphatic heterocycles. The van der Waals surface area contributed by atoms with Crippen LogP contribution in [-0.4, -0.2) is 12.8 Å². The molecule has 1 heterocycles. The van der Waals surface area contributed by atoms with Gasteiger partial charge in [0, 0.05) is 22.7 Å². The first kappa shape index (κ1) is 10.1. The summed E-state index contributed by atoms with van der Waals surface area (Å²) in [4.78, 5) is 1.03. The van der Waals surface area contributed by atoms with E-state index in [1.807, 2.05) is 18.4 Å². The summed E-state index contributed by atoms with van der Waals surface area (Å²) in [6.45, 7) is 4.95. The second-order valence-electron chi connectivity index (χ2n) is 3.46. The van der Waals surface area contributed by atoms with Crippen LogP contribution in [0.2, 0.25) is 0 Å². The molecule has 0 atom stereocenters. The molecule has 0 bridgehead atoms. The zero-order valence-corrected chi connectivity index (χ0v) is 9.45. The van der Waals surface area contributed by atoms with E-state index in [0.717, 1.165) is 40.2 Å². The third-order valence-electron chi connectivity index (χ3n) is 2.59. The molecule has 76 valence electrons. The normalized spacial score (nSPS) is 14.0. The summed E-state index contributed by atoms with van der Waals surface area (Å²) in [7, 11) is 0. The summed E-state index contributed by atoms with van der Waals surface area (Å²) in [5.74, 6) is 0. The topological polar surface area (TPSA) is 35.8 Å². The van der Waals surface area contributed by atoms with Crippen LogP contribution in [0.5, 0.6) is 0 Å². The van der Waals surface area contributed by atoms with E-state index < -0.39 is 0 Å². The van der Waals surface area contributed by atoms with Crippen LogP contribution in [0.3, 0.4) is 0 Å². The maximum Gasteiger partial charge on any atom is 0.101 e. The van der Waals surface area contributed by atoms with Crippen LogP contribution in [-0.2, 0) is 0 Å². The zero-order valence-electron chi connectivity index (χ0n) is 8.63. The fourth-order valence-electron chi connectivity index (χ4n) is 1.85. The largest absolute Gasteiger partial charge is 0.384 e. The van der Waals surface area contributed by atoms with Crippen LogP contribution in [0.15, 0.2) is 23.6 Å². The van der Waals surface area contributed by atoms with Gasteiger partial charge in [0.15, 0.2) is 0 Å². The third kappa shape index (κ3) is 1.62. The van der Waals surface area contributed by atoms with Crippen molar-refractivity contribution in [3.63, 3.8) is 0 Å². The van der Waals surface area contributed by atoms with Gasteiger partial charge in [0.2, 0.25) is 0 Å². The Labute approximate surface area is 94.0 Å². The monoisotopic (exact) mass is 216 g/mol. The SMILES string of the molecule is C=C1CCNc2ccc(SC)c(C#N)c21. The van der Waals surface area contributed by atoms with Gasteiger partial charge in [-0.25, -0.2) is 0 Å². The quantitative estimate of drug-likeness (QED) is 0.733. The van der Waals surface area contributed by atoms with Crippen molar-refractivity contribution in [2.24, 2.45) is 0 Å². The van der Waals surface area contributed by atoms with Gasteiger partial charge in [0.05, 0.1) is 5.56 Å². The van der Waals surface area contributed by atoms with Crippen LogP contribution >= 0.6 is 11.8 Å². The van der Waals surface area contributed by atoms with Gasteiger partial charge in [-0.15, -0.1) is 11.8 Å². The summed E-state index contributed by atoms with van der Waals surface area (Å²) in [6, 6.07) is 6.31. The summed E-state index contributed by atoms with van der Waals surface area (Å²) >= 11 is 1.60. The number of nitrogens with zero attached hydrogens (tertiary/aromatic N) is 1. The van der Waals surface area contributed by atoms with Crippen molar-refractivity contribution < 1.29 is 0 Å². The fraction of sp³-hybridized carbons (Fsp3) is 0.250. The van der Waals surface area contributed by atoms with Crippen LogP contribution in [0.1, 0.15) is 17.5 Å². The minimum atomic E-state index is 0.761. The summed E-state index contributed by atoms with van der Waals surface area (Å²) in [5, 5.41) is 12.5. The number of anilines is 1. The van der Waals surface area contributed by atoms with Crippen LogP contribution in [0, 0.1) is 11.3 Å². The minimum absolute atomic E-state index is 0.761. The number of rotatable bonds is 1. The van der Waals surface area contributed by atoms with Gasteiger partial charge < -0.3 is 5.32 Å². The van der Waals surface area contributed by atoms with Gasteiger partial charge >= 0.3 is 0 Å². The number of benzene rings is 1. The molecule has 0 aliphatic carbocycles. The molecule has 0 unspecified atom stereocenters. The highest BCUT2D eigenvalue weighted by Gasteiger charge is 2.18. The van der Waals surface area contributed by atoms with Crippen molar-refractivity contribution in [3.05, 3.63) is 29.8 Å². The molecule has 0 radical (unpaired) electrons. The lowest BCUT2D eigenvalue weighted by atomic mass is 9.94. The maximum absolute atomic E-state index is 9.19. The Bertz CT molecular complexity index is 457. The summed E-state index contributed by atoms with van der Waals surface area (Å²) in [5.41, 5.74) is 3.88.